The molecular weight excluding hydrogens is 267 g/mol. The third-order valence-electron chi connectivity index (χ3n) is 2.02. The molecule has 1 aromatic heterocycles. The number of rotatable bonds is 1. The zero-order chi connectivity index (χ0) is 8.55. The highest BCUT2D eigenvalue weighted by Crippen LogP contribution is 2.28. The van der Waals surface area contributed by atoms with Crippen molar-refractivity contribution in [1.29, 1.82) is 0 Å². The number of halogens is 1. The van der Waals surface area contributed by atoms with Crippen molar-refractivity contribution in [2.75, 3.05) is 6.54 Å². The number of pyridine rings is 1. The summed E-state index contributed by atoms with van der Waals surface area (Å²) in [5.41, 5.74) is 0.785. The Morgan fingerprint density at radius 2 is 2.33 bits per heavy atom. The van der Waals surface area contributed by atoms with Gasteiger partial charge in [0.15, 0.2) is 0 Å². The molecule has 2 heterocycles. The molecule has 1 fully saturated rings. The number of nitrogens with one attached hydrogen (secondary N) is 1. The van der Waals surface area contributed by atoms with E-state index in [9.17, 15) is 5.11 Å². The highest BCUT2D eigenvalue weighted by molar-refractivity contribution is 14.1. The van der Waals surface area contributed by atoms with Crippen LogP contribution in [-0.4, -0.2) is 16.6 Å². The predicted molar refractivity (Wildman–Crippen MR) is 54.0 cm³/mol. The van der Waals surface area contributed by atoms with Crippen LogP contribution >= 0.6 is 22.6 Å². The molecule has 1 atom stereocenters. The Kier molecular flexibility index (Phi) is 2.18. The van der Waals surface area contributed by atoms with Crippen LogP contribution in [0.15, 0.2) is 12.1 Å². The van der Waals surface area contributed by atoms with E-state index in [1.54, 1.807) is 12.1 Å². The van der Waals surface area contributed by atoms with E-state index < -0.39 is 0 Å². The van der Waals surface area contributed by atoms with Crippen molar-refractivity contribution in [3.63, 3.8) is 0 Å². The maximum absolute atomic E-state index is 9.46. The minimum absolute atomic E-state index is 0.264. The molecule has 0 spiro atoms. The van der Waals surface area contributed by atoms with Gasteiger partial charge < -0.3 is 10.4 Å². The molecule has 1 aliphatic heterocycles. The lowest BCUT2D eigenvalue weighted by molar-refractivity contribution is 0.355. The number of nitrogens with zero attached hydrogens (tertiary/aromatic N) is 1. The zero-order valence-electron chi connectivity index (χ0n) is 6.42. The van der Waals surface area contributed by atoms with Crippen LogP contribution in [-0.2, 0) is 0 Å². The van der Waals surface area contributed by atoms with Gasteiger partial charge in [0.1, 0.15) is 15.1 Å². The number of hydrogen-bond donors (Lipinski definition) is 2. The Labute approximate surface area is 84.3 Å². The Morgan fingerprint density at radius 3 is 2.92 bits per heavy atom. The summed E-state index contributed by atoms with van der Waals surface area (Å²) in [6, 6.07) is 3.77. The molecule has 1 saturated heterocycles. The van der Waals surface area contributed by atoms with Gasteiger partial charge in [-0.2, -0.15) is 0 Å². The molecular formula is C8H9IN2O. The van der Waals surface area contributed by atoms with Crippen molar-refractivity contribution >= 4 is 22.6 Å². The van der Waals surface area contributed by atoms with Crippen LogP contribution in [0.25, 0.3) is 0 Å². The van der Waals surface area contributed by atoms with Crippen LogP contribution in [0.4, 0.5) is 0 Å². The molecule has 2 N–H and O–H groups in total. The summed E-state index contributed by atoms with van der Waals surface area (Å²) in [6.45, 7) is 1.03. The van der Waals surface area contributed by atoms with Gasteiger partial charge >= 0.3 is 0 Å². The molecule has 1 aromatic rings. The smallest absolute Gasteiger partial charge is 0.138 e. The number of aromatic hydroxyl groups is 1. The monoisotopic (exact) mass is 276 g/mol. The van der Waals surface area contributed by atoms with Crippen molar-refractivity contribution in [2.24, 2.45) is 0 Å². The molecule has 12 heavy (non-hydrogen) atoms. The largest absolute Gasteiger partial charge is 0.506 e. The Balaban J connectivity index is 2.34. The van der Waals surface area contributed by atoms with E-state index in [4.69, 9.17) is 0 Å². The first-order valence-corrected chi connectivity index (χ1v) is 4.94. The van der Waals surface area contributed by atoms with Gasteiger partial charge in [0.05, 0.1) is 6.04 Å². The Bertz CT molecular complexity index is 299. The molecule has 3 nitrogen and oxygen atoms in total. The number of aromatic nitrogens is 1. The van der Waals surface area contributed by atoms with Gasteiger partial charge in [-0.05, 0) is 47.7 Å². The minimum atomic E-state index is 0.264. The van der Waals surface area contributed by atoms with Crippen LogP contribution in [0, 0.1) is 3.70 Å². The van der Waals surface area contributed by atoms with Crippen molar-refractivity contribution < 1.29 is 5.11 Å². The first-order chi connectivity index (χ1) is 5.77. The van der Waals surface area contributed by atoms with E-state index in [1.807, 2.05) is 0 Å². The van der Waals surface area contributed by atoms with Crippen LogP contribution in [0.5, 0.6) is 5.75 Å². The average molecular weight is 276 g/mol. The molecule has 0 saturated carbocycles. The molecule has 64 valence electrons. The summed E-state index contributed by atoms with van der Waals surface area (Å²) in [4.78, 5) is 4.27. The van der Waals surface area contributed by atoms with Gasteiger partial charge in [0.25, 0.3) is 0 Å². The average Bonchev–Trinajstić information content (AvgIpc) is 1.93. The van der Waals surface area contributed by atoms with E-state index in [-0.39, 0.29) is 6.04 Å². The SMILES string of the molecule is Oc1ccc(I)nc1C1CCN1. The lowest BCUT2D eigenvalue weighted by Gasteiger charge is -2.27. The summed E-state index contributed by atoms with van der Waals surface area (Å²) in [6.07, 6.45) is 1.07. The highest BCUT2D eigenvalue weighted by Gasteiger charge is 2.22. The van der Waals surface area contributed by atoms with E-state index in [2.05, 4.69) is 32.9 Å². The third kappa shape index (κ3) is 1.40. The van der Waals surface area contributed by atoms with Crippen molar-refractivity contribution in [3.05, 3.63) is 21.5 Å². The van der Waals surface area contributed by atoms with Crippen LogP contribution in [0.1, 0.15) is 18.2 Å². The van der Waals surface area contributed by atoms with E-state index in [1.165, 1.54) is 0 Å². The molecule has 0 radical (unpaired) electrons. The van der Waals surface area contributed by atoms with Gasteiger partial charge in [-0.15, -0.1) is 0 Å². The molecule has 0 aromatic carbocycles. The summed E-state index contributed by atoms with van der Waals surface area (Å²) < 4.78 is 0.925. The van der Waals surface area contributed by atoms with Gasteiger partial charge in [0.2, 0.25) is 0 Å². The topological polar surface area (TPSA) is 45.2 Å². The minimum Gasteiger partial charge on any atom is -0.506 e. The van der Waals surface area contributed by atoms with E-state index >= 15 is 0 Å². The molecule has 0 aliphatic carbocycles. The summed E-state index contributed by atoms with van der Waals surface area (Å²) in [5, 5.41) is 12.7. The summed E-state index contributed by atoms with van der Waals surface area (Å²) >= 11 is 2.15. The fraction of sp³-hybridized carbons (Fsp3) is 0.375. The molecule has 1 unspecified atom stereocenters. The van der Waals surface area contributed by atoms with Crippen molar-refractivity contribution in [2.45, 2.75) is 12.5 Å². The Morgan fingerprint density at radius 1 is 1.58 bits per heavy atom. The van der Waals surface area contributed by atoms with Gasteiger partial charge in [-0.3, -0.25) is 0 Å². The summed E-state index contributed by atoms with van der Waals surface area (Å²) in [7, 11) is 0. The Hall–Kier alpha value is -0.360. The first-order valence-electron chi connectivity index (χ1n) is 3.86. The maximum Gasteiger partial charge on any atom is 0.138 e. The fourth-order valence-corrected chi connectivity index (χ4v) is 1.66. The molecule has 2 rings (SSSR count). The third-order valence-corrected chi connectivity index (χ3v) is 2.62. The van der Waals surface area contributed by atoms with Crippen LogP contribution in [0.3, 0.4) is 0 Å². The highest BCUT2D eigenvalue weighted by atomic mass is 127. The van der Waals surface area contributed by atoms with E-state index in [0.29, 0.717) is 5.75 Å². The second kappa shape index (κ2) is 3.18. The quantitative estimate of drug-likeness (QED) is 0.602. The molecule has 0 bridgehead atoms. The fourth-order valence-electron chi connectivity index (χ4n) is 1.22. The summed E-state index contributed by atoms with van der Waals surface area (Å²) in [5.74, 6) is 0.299. The lowest BCUT2D eigenvalue weighted by atomic mass is 10.0. The van der Waals surface area contributed by atoms with Crippen molar-refractivity contribution in [3.8, 4) is 5.75 Å². The van der Waals surface area contributed by atoms with Crippen LogP contribution in [0.2, 0.25) is 0 Å². The zero-order valence-corrected chi connectivity index (χ0v) is 8.58. The molecule has 4 heteroatoms. The van der Waals surface area contributed by atoms with Gasteiger partial charge in [0, 0.05) is 0 Å². The van der Waals surface area contributed by atoms with Crippen molar-refractivity contribution in [1.82, 2.24) is 10.3 Å². The van der Waals surface area contributed by atoms with Crippen LogP contribution < -0.4 is 5.32 Å². The van der Waals surface area contributed by atoms with Gasteiger partial charge in [-0.25, -0.2) is 4.98 Å². The number of hydrogen-bond acceptors (Lipinski definition) is 3. The van der Waals surface area contributed by atoms with Gasteiger partial charge in [-0.1, -0.05) is 0 Å². The second-order valence-electron chi connectivity index (χ2n) is 2.83. The van der Waals surface area contributed by atoms with E-state index in [0.717, 1.165) is 22.4 Å². The molecule has 1 aliphatic rings. The normalized spacial score (nSPS) is 21.9. The maximum atomic E-state index is 9.46. The predicted octanol–water partition coefficient (Wildman–Crippen LogP) is 1.43. The lowest BCUT2D eigenvalue weighted by Crippen LogP contribution is -2.35. The standard InChI is InChI=1S/C8H9IN2O/c9-7-2-1-6(12)8(11-7)5-3-4-10-5/h1-2,5,10,12H,3-4H2. The molecule has 0 amide bonds. The first kappa shape index (κ1) is 8.25. The second-order valence-corrected chi connectivity index (χ2v) is 3.94.